The molecule has 0 N–H and O–H groups in total. The summed E-state index contributed by atoms with van der Waals surface area (Å²) < 4.78 is 10.3. The molecule has 3 nitrogen and oxygen atoms in total. The predicted octanol–water partition coefficient (Wildman–Crippen LogP) is 2.74. The minimum absolute atomic E-state index is 0.534. The van der Waals surface area contributed by atoms with Gasteiger partial charge in [0.1, 0.15) is 0 Å². The molecular weight excluding hydrogens is 178 g/mol. The van der Waals surface area contributed by atoms with Gasteiger partial charge in [-0.05, 0) is 12.1 Å². The third-order valence-electron chi connectivity index (χ3n) is 1.84. The number of rotatable bonds is 3. The summed E-state index contributed by atoms with van der Waals surface area (Å²) in [6, 6.07) is 11.6. The second-order valence-electron chi connectivity index (χ2n) is 2.83. The Bertz CT molecular complexity index is 395. The summed E-state index contributed by atoms with van der Waals surface area (Å²) in [7, 11) is 0. The van der Waals surface area contributed by atoms with Gasteiger partial charge in [0.15, 0.2) is 5.76 Å². The van der Waals surface area contributed by atoms with Crippen molar-refractivity contribution in [1.82, 2.24) is 5.16 Å². The van der Waals surface area contributed by atoms with Crippen LogP contribution >= 0.6 is 0 Å². The molecule has 0 aliphatic rings. The van der Waals surface area contributed by atoms with E-state index in [-0.39, 0.29) is 0 Å². The third-order valence-corrected chi connectivity index (χ3v) is 1.84. The minimum atomic E-state index is 0.534. The lowest BCUT2D eigenvalue weighted by molar-refractivity contribution is 0.296. The molecule has 0 atom stereocenters. The molecule has 0 bridgehead atoms. The first-order valence-corrected chi connectivity index (χ1v) is 4.55. The first-order chi connectivity index (χ1) is 6.90. The van der Waals surface area contributed by atoms with Crippen LogP contribution in [0.5, 0.6) is 5.88 Å². The first kappa shape index (κ1) is 8.81. The van der Waals surface area contributed by atoms with Gasteiger partial charge in [0.05, 0.1) is 6.61 Å². The smallest absolute Gasteiger partial charge is 0.254 e. The molecule has 2 aromatic rings. The van der Waals surface area contributed by atoms with Crippen molar-refractivity contribution >= 4 is 0 Å². The van der Waals surface area contributed by atoms with E-state index in [9.17, 15) is 0 Å². The number of hydrogen-bond acceptors (Lipinski definition) is 3. The van der Waals surface area contributed by atoms with Crippen LogP contribution in [0.15, 0.2) is 40.9 Å². The lowest BCUT2D eigenvalue weighted by Crippen LogP contribution is -1.89. The highest BCUT2D eigenvalue weighted by Gasteiger charge is 2.05. The Labute approximate surface area is 82.3 Å². The van der Waals surface area contributed by atoms with Crippen LogP contribution in [0.4, 0.5) is 0 Å². The summed E-state index contributed by atoms with van der Waals surface area (Å²) in [5, 5.41) is 3.79. The first-order valence-electron chi connectivity index (χ1n) is 4.55. The standard InChI is InChI=1S/C11H11NO2/c1-2-13-11-8-10(14-12-11)9-6-4-3-5-7-9/h3-8H,2H2,1H3. The monoisotopic (exact) mass is 189 g/mol. The largest absolute Gasteiger partial charge is 0.476 e. The van der Waals surface area contributed by atoms with Gasteiger partial charge in [-0.25, -0.2) is 0 Å². The van der Waals surface area contributed by atoms with Crippen molar-refractivity contribution in [3.05, 3.63) is 36.4 Å². The highest BCUT2D eigenvalue weighted by Crippen LogP contribution is 2.22. The summed E-state index contributed by atoms with van der Waals surface area (Å²) in [6.07, 6.45) is 0. The maximum absolute atomic E-state index is 5.20. The van der Waals surface area contributed by atoms with E-state index in [4.69, 9.17) is 9.26 Å². The van der Waals surface area contributed by atoms with E-state index in [1.807, 2.05) is 37.3 Å². The van der Waals surface area contributed by atoms with E-state index >= 15 is 0 Å². The van der Waals surface area contributed by atoms with Crippen LogP contribution in [0, 0.1) is 0 Å². The summed E-state index contributed by atoms with van der Waals surface area (Å²) in [5.74, 6) is 1.26. The highest BCUT2D eigenvalue weighted by molar-refractivity contribution is 5.57. The maximum Gasteiger partial charge on any atom is 0.254 e. The Morgan fingerprint density at radius 1 is 1.29 bits per heavy atom. The lowest BCUT2D eigenvalue weighted by atomic mass is 10.2. The van der Waals surface area contributed by atoms with E-state index in [1.54, 1.807) is 6.07 Å². The average Bonchev–Trinajstić information content (AvgIpc) is 2.68. The van der Waals surface area contributed by atoms with Crippen LogP contribution in [-0.4, -0.2) is 11.8 Å². The van der Waals surface area contributed by atoms with Gasteiger partial charge in [0.25, 0.3) is 5.88 Å². The van der Waals surface area contributed by atoms with Gasteiger partial charge >= 0.3 is 0 Å². The molecule has 0 aliphatic heterocycles. The van der Waals surface area contributed by atoms with Gasteiger partial charge in [0, 0.05) is 11.6 Å². The van der Waals surface area contributed by atoms with Crippen LogP contribution < -0.4 is 4.74 Å². The second-order valence-corrected chi connectivity index (χ2v) is 2.83. The molecule has 0 fully saturated rings. The van der Waals surface area contributed by atoms with Crippen molar-refractivity contribution in [2.75, 3.05) is 6.61 Å². The second kappa shape index (κ2) is 3.96. The molecule has 0 saturated carbocycles. The molecule has 0 saturated heterocycles. The summed E-state index contributed by atoms with van der Waals surface area (Å²) >= 11 is 0. The normalized spacial score (nSPS) is 10.1. The fourth-order valence-electron chi connectivity index (χ4n) is 1.21. The zero-order valence-corrected chi connectivity index (χ0v) is 7.93. The molecule has 0 aliphatic carbocycles. The maximum atomic E-state index is 5.20. The number of aromatic nitrogens is 1. The van der Waals surface area contributed by atoms with E-state index in [0.717, 1.165) is 11.3 Å². The zero-order chi connectivity index (χ0) is 9.80. The van der Waals surface area contributed by atoms with E-state index in [2.05, 4.69) is 5.16 Å². The molecule has 3 heteroatoms. The van der Waals surface area contributed by atoms with Gasteiger partial charge in [-0.15, -0.1) is 0 Å². The van der Waals surface area contributed by atoms with Crippen molar-refractivity contribution in [2.45, 2.75) is 6.92 Å². The fraction of sp³-hybridized carbons (Fsp3) is 0.182. The topological polar surface area (TPSA) is 35.3 Å². The quantitative estimate of drug-likeness (QED) is 0.744. The number of hydrogen-bond donors (Lipinski definition) is 0. The van der Waals surface area contributed by atoms with Crippen molar-refractivity contribution in [1.29, 1.82) is 0 Å². The lowest BCUT2D eigenvalue weighted by Gasteiger charge is -1.92. The predicted molar refractivity (Wildman–Crippen MR) is 53.1 cm³/mol. The summed E-state index contributed by atoms with van der Waals surface area (Å²) in [4.78, 5) is 0. The van der Waals surface area contributed by atoms with Gasteiger partial charge in [0.2, 0.25) is 0 Å². The van der Waals surface area contributed by atoms with Gasteiger partial charge in [-0.2, -0.15) is 0 Å². The third kappa shape index (κ3) is 1.76. The Morgan fingerprint density at radius 3 is 2.79 bits per heavy atom. The van der Waals surface area contributed by atoms with Gasteiger partial charge in [-0.3, -0.25) is 0 Å². The Hall–Kier alpha value is -1.77. The molecule has 1 aromatic carbocycles. The van der Waals surface area contributed by atoms with Gasteiger partial charge in [-0.1, -0.05) is 30.3 Å². The Kier molecular flexibility index (Phi) is 2.49. The van der Waals surface area contributed by atoms with E-state index in [0.29, 0.717) is 12.5 Å². The molecule has 1 aromatic heterocycles. The molecule has 0 spiro atoms. The number of benzene rings is 1. The van der Waals surface area contributed by atoms with Gasteiger partial charge < -0.3 is 9.26 Å². The molecule has 0 amide bonds. The Morgan fingerprint density at radius 2 is 2.07 bits per heavy atom. The number of nitrogens with zero attached hydrogens (tertiary/aromatic N) is 1. The van der Waals surface area contributed by atoms with E-state index in [1.165, 1.54) is 0 Å². The van der Waals surface area contributed by atoms with Crippen LogP contribution in [0.1, 0.15) is 6.92 Å². The molecule has 72 valence electrons. The zero-order valence-electron chi connectivity index (χ0n) is 7.93. The van der Waals surface area contributed by atoms with Crippen molar-refractivity contribution in [3.8, 4) is 17.2 Å². The highest BCUT2D eigenvalue weighted by atomic mass is 16.5. The molecule has 0 unspecified atom stereocenters. The molecule has 1 heterocycles. The summed E-state index contributed by atoms with van der Waals surface area (Å²) in [5.41, 5.74) is 1.01. The van der Waals surface area contributed by atoms with Crippen LogP contribution in [0.2, 0.25) is 0 Å². The van der Waals surface area contributed by atoms with Crippen LogP contribution in [0.25, 0.3) is 11.3 Å². The van der Waals surface area contributed by atoms with Crippen LogP contribution in [0.3, 0.4) is 0 Å². The molecular formula is C11H11NO2. The SMILES string of the molecule is CCOc1cc(-c2ccccc2)on1. The van der Waals surface area contributed by atoms with Crippen LogP contribution in [-0.2, 0) is 0 Å². The fourth-order valence-corrected chi connectivity index (χ4v) is 1.21. The molecule has 0 radical (unpaired) electrons. The minimum Gasteiger partial charge on any atom is -0.476 e. The average molecular weight is 189 g/mol. The van der Waals surface area contributed by atoms with Crippen molar-refractivity contribution < 1.29 is 9.26 Å². The van der Waals surface area contributed by atoms with Crippen molar-refractivity contribution in [2.24, 2.45) is 0 Å². The Balaban J connectivity index is 2.25. The molecule has 2 rings (SSSR count). The molecule has 14 heavy (non-hydrogen) atoms. The number of ether oxygens (including phenoxy) is 1. The van der Waals surface area contributed by atoms with Crippen molar-refractivity contribution in [3.63, 3.8) is 0 Å². The van der Waals surface area contributed by atoms with E-state index < -0.39 is 0 Å². The summed E-state index contributed by atoms with van der Waals surface area (Å²) in [6.45, 7) is 2.51.